The van der Waals surface area contributed by atoms with Crippen LogP contribution in [0, 0.1) is 11.3 Å². The van der Waals surface area contributed by atoms with E-state index in [1.165, 1.54) is 6.92 Å². The van der Waals surface area contributed by atoms with Gasteiger partial charge in [0.25, 0.3) is 6.64 Å². The number of likely N-dealkylation sites (N-methyl/N-ethyl adjacent to an activating group) is 1. The molecule has 2 N–H and O–H groups in total. The van der Waals surface area contributed by atoms with Crippen molar-refractivity contribution in [1.82, 2.24) is 10.4 Å². The van der Waals surface area contributed by atoms with Gasteiger partial charge in [-0.2, -0.15) is 5.26 Å². The Morgan fingerprint density at radius 1 is 1.22 bits per heavy atom. The van der Waals surface area contributed by atoms with Crippen LogP contribution in [-0.2, 0) is 44.7 Å². The van der Waals surface area contributed by atoms with Crippen LogP contribution in [0.25, 0.3) is 0 Å². The molecule has 2 rings (SSSR count). The van der Waals surface area contributed by atoms with Gasteiger partial charge in [-0.25, -0.2) is 5.09 Å². The van der Waals surface area contributed by atoms with E-state index in [0.717, 1.165) is 6.42 Å². The van der Waals surface area contributed by atoms with E-state index in [2.05, 4.69) is 10.4 Å². The third-order valence-corrected chi connectivity index (χ3v) is 7.93. The SMILES string of the molecule is CN[C@H]1C[C@H](C)O[C@@H]1COP(=S)(N[C@H]1CCO[C@@H]1COC(=O)CCC(C)=O)OCCC#N. The average Bonchev–Trinajstić information content (AvgIpc) is 3.34. The molecular formula is C20H34N3O7PS. The molecule has 0 spiro atoms. The van der Waals surface area contributed by atoms with Crippen LogP contribution >= 0.6 is 6.64 Å². The van der Waals surface area contributed by atoms with Gasteiger partial charge in [0.1, 0.15) is 18.5 Å². The zero-order valence-electron chi connectivity index (χ0n) is 18.9. The molecule has 2 saturated heterocycles. The Balaban J connectivity index is 1.93. The van der Waals surface area contributed by atoms with Gasteiger partial charge < -0.3 is 33.4 Å². The van der Waals surface area contributed by atoms with Crippen molar-refractivity contribution < 1.29 is 32.8 Å². The van der Waals surface area contributed by atoms with Crippen LogP contribution in [0.4, 0.5) is 0 Å². The maximum absolute atomic E-state index is 11.8. The molecule has 182 valence electrons. The second kappa shape index (κ2) is 13.7. The molecule has 2 aliphatic rings. The lowest BCUT2D eigenvalue weighted by Gasteiger charge is -2.30. The third-order valence-electron chi connectivity index (χ3n) is 5.32. The van der Waals surface area contributed by atoms with E-state index in [0.29, 0.717) is 13.0 Å². The molecule has 0 amide bonds. The van der Waals surface area contributed by atoms with Gasteiger partial charge in [-0.15, -0.1) is 0 Å². The van der Waals surface area contributed by atoms with Gasteiger partial charge in [-0.3, -0.25) is 4.79 Å². The van der Waals surface area contributed by atoms with Crippen molar-refractivity contribution in [1.29, 1.82) is 5.26 Å². The Kier molecular flexibility index (Phi) is 11.7. The lowest BCUT2D eigenvalue weighted by atomic mass is 10.1. The van der Waals surface area contributed by atoms with Crippen LogP contribution in [0.15, 0.2) is 0 Å². The second-order valence-electron chi connectivity index (χ2n) is 7.97. The van der Waals surface area contributed by atoms with E-state index in [1.807, 2.05) is 20.0 Å². The quantitative estimate of drug-likeness (QED) is 0.209. The zero-order valence-corrected chi connectivity index (χ0v) is 20.6. The van der Waals surface area contributed by atoms with Crippen molar-refractivity contribution in [3.63, 3.8) is 0 Å². The number of nitrogens with zero attached hydrogens (tertiary/aromatic N) is 1. The Bertz CT molecular complexity index is 720. The van der Waals surface area contributed by atoms with E-state index in [-0.39, 0.29) is 69.2 Å². The first-order chi connectivity index (χ1) is 15.3. The lowest BCUT2D eigenvalue weighted by molar-refractivity contribution is -0.148. The van der Waals surface area contributed by atoms with Crippen molar-refractivity contribution >= 4 is 30.2 Å². The number of ketones is 1. The van der Waals surface area contributed by atoms with E-state index >= 15 is 0 Å². The van der Waals surface area contributed by atoms with Crippen molar-refractivity contribution in [3.8, 4) is 6.07 Å². The highest BCUT2D eigenvalue weighted by molar-refractivity contribution is 8.09. The van der Waals surface area contributed by atoms with Gasteiger partial charge in [-0.1, -0.05) is 0 Å². The molecule has 0 aliphatic carbocycles. The predicted molar refractivity (Wildman–Crippen MR) is 120 cm³/mol. The maximum atomic E-state index is 11.8. The summed E-state index contributed by atoms with van der Waals surface area (Å²) in [5.41, 5.74) is 0. The van der Waals surface area contributed by atoms with E-state index in [4.69, 9.17) is 40.3 Å². The molecule has 0 bridgehead atoms. The molecule has 2 fully saturated rings. The summed E-state index contributed by atoms with van der Waals surface area (Å²) < 4.78 is 28.8. The Labute approximate surface area is 194 Å². The second-order valence-corrected chi connectivity index (χ2v) is 11.2. The summed E-state index contributed by atoms with van der Waals surface area (Å²) in [5, 5.41) is 15.4. The summed E-state index contributed by atoms with van der Waals surface area (Å²) in [7, 11) is 1.88. The molecule has 6 atom stereocenters. The number of esters is 1. The van der Waals surface area contributed by atoms with E-state index in [1.54, 1.807) is 0 Å². The molecule has 0 aromatic carbocycles. The number of hydrogen-bond donors (Lipinski definition) is 2. The molecule has 0 radical (unpaired) electrons. The number of nitriles is 1. The molecular weight excluding hydrogens is 457 g/mol. The van der Waals surface area contributed by atoms with Crippen molar-refractivity contribution in [2.24, 2.45) is 0 Å². The average molecular weight is 492 g/mol. The zero-order chi connectivity index (χ0) is 23.6. The topological polar surface area (TPSA) is 128 Å². The summed E-state index contributed by atoms with van der Waals surface area (Å²) >= 11 is 5.72. The van der Waals surface area contributed by atoms with Gasteiger partial charge in [0, 0.05) is 25.1 Å². The number of nitrogens with one attached hydrogen (secondary N) is 2. The summed E-state index contributed by atoms with van der Waals surface area (Å²) in [6.07, 6.45) is 1.48. The molecule has 32 heavy (non-hydrogen) atoms. The number of carbonyl (C=O) groups is 2. The first kappa shape index (κ1) is 27.3. The number of hydrogen-bond acceptors (Lipinski definition) is 10. The summed E-state index contributed by atoms with van der Waals surface area (Å²) in [5.74, 6) is -0.506. The fourth-order valence-corrected chi connectivity index (χ4v) is 6.01. The molecule has 0 aromatic rings. The minimum Gasteiger partial charge on any atom is -0.463 e. The number of carbonyl (C=O) groups excluding carboxylic acids is 2. The van der Waals surface area contributed by atoms with Crippen molar-refractivity contribution in [2.75, 3.05) is 33.5 Å². The van der Waals surface area contributed by atoms with Gasteiger partial charge in [0.2, 0.25) is 0 Å². The minimum absolute atomic E-state index is 0.0466. The van der Waals surface area contributed by atoms with Gasteiger partial charge in [0.15, 0.2) is 0 Å². The number of rotatable bonds is 14. The van der Waals surface area contributed by atoms with Crippen molar-refractivity contribution in [2.45, 2.75) is 76.3 Å². The van der Waals surface area contributed by atoms with Crippen LogP contribution in [0.1, 0.15) is 46.0 Å². The molecule has 2 aliphatic heterocycles. The third kappa shape index (κ3) is 9.12. The Morgan fingerprint density at radius 3 is 2.69 bits per heavy atom. The minimum atomic E-state index is -2.96. The Hall–Kier alpha value is -0.960. The van der Waals surface area contributed by atoms with Crippen LogP contribution < -0.4 is 10.4 Å². The normalized spacial score (nSPS) is 29.4. The standard InChI is InChI=1S/C20H34N3O7PS/c1-14(24)5-6-20(25)27-12-18-16(7-10-26-18)23-31(32,28-9-4-8-21)29-13-19-17(22-3)11-15(2)30-19/h15-19,22H,4-7,9-13H2,1-3H3,(H,23,32)/t15-,16-,17-,18+,19+,31?/m0/s1. The van der Waals surface area contributed by atoms with E-state index in [9.17, 15) is 9.59 Å². The molecule has 12 heteroatoms. The lowest BCUT2D eigenvalue weighted by Crippen LogP contribution is -2.40. The summed E-state index contributed by atoms with van der Waals surface area (Å²) in [4.78, 5) is 22.9. The first-order valence-corrected chi connectivity index (χ1v) is 13.5. The predicted octanol–water partition coefficient (Wildman–Crippen LogP) is 1.58. The first-order valence-electron chi connectivity index (χ1n) is 10.9. The molecule has 1 unspecified atom stereocenters. The van der Waals surface area contributed by atoms with E-state index < -0.39 is 18.7 Å². The highest BCUT2D eigenvalue weighted by Crippen LogP contribution is 2.46. The fraction of sp³-hybridized carbons (Fsp3) is 0.850. The van der Waals surface area contributed by atoms with Crippen LogP contribution in [0.3, 0.4) is 0 Å². The summed E-state index contributed by atoms with van der Waals surface area (Å²) in [6, 6.07) is 1.96. The molecule has 0 aromatic heterocycles. The van der Waals surface area contributed by atoms with Gasteiger partial charge in [0.05, 0.1) is 44.3 Å². The molecule has 2 heterocycles. The van der Waals surface area contributed by atoms with Crippen LogP contribution in [0.2, 0.25) is 0 Å². The van der Waals surface area contributed by atoms with Gasteiger partial charge in [-0.05, 0) is 45.5 Å². The highest BCUT2D eigenvalue weighted by Gasteiger charge is 2.37. The van der Waals surface area contributed by atoms with Crippen LogP contribution in [-0.4, -0.2) is 75.6 Å². The number of ether oxygens (including phenoxy) is 3. The van der Waals surface area contributed by atoms with Crippen LogP contribution in [0.5, 0.6) is 0 Å². The smallest absolute Gasteiger partial charge is 0.306 e. The molecule has 0 saturated carbocycles. The van der Waals surface area contributed by atoms with Crippen molar-refractivity contribution in [3.05, 3.63) is 0 Å². The fourth-order valence-electron chi connectivity index (χ4n) is 3.60. The summed E-state index contributed by atoms with van der Waals surface area (Å²) in [6.45, 7) is 1.42. The molecule has 10 nitrogen and oxygen atoms in total. The largest absolute Gasteiger partial charge is 0.463 e. The highest BCUT2D eigenvalue weighted by atomic mass is 32.5. The number of Topliss-reactive ketones (excluding diaryl/α,β-unsaturated/α-hetero) is 1. The maximum Gasteiger partial charge on any atom is 0.306 e. The van der Waals surface area contributed by atoms with Gasteiger partial charge >= 0.3 is 5.97 Å². The monoisotopic (exact) mass is 491 g/mol. The Morgan fingerprint density at radius 2 is 2.00 bits per heavy atom.